The molecule has 0 unspecified atom stereocenters. The van der Waals surface area contributed by atoms with Crippen LogP contribution in [0, 0.1) is 0 Å². The summed E-state index contributed by atoms with van der Waals surface area (Å²) in [6.45, 7) is 4.17. The maximum atomic E-state index is 12.3. The van der Waals surface area contributed by atoms with Gasteiger partial charge in [-0.05, 0) is 12.1 Å². The number of nitrogens with zero attached hydrogens (tertiary/aromatic N) is 5. The first-order valence-electron chi connectivity index (χ1n) is 8.62. The molecule has 1 aliphatic rings. The van der Waals surface area contributed by atoms with Crippen LogP contribution in [0.3, 0.4) is 0 Å². The molecule has 150 valence electrons. The van der Waals surface area contributed by atoms with Crippen molar-refractivity contribution in [3.05, 3.63) is 49.1 Å². The van der Waals surface area contributed by atoms with Crippen molar-refractivity contribution in [3.8, 4) is 20.5 Å². The van der Waals surface area contributed by atoms with Gasteiger partial charge >= 0.3 is 0 Å². The molecule has 11 heteroatoms. The molecule has 0 bridgehead atoms. The quantitative estimate of drug-likeness (QED) is 0.326. The molecule has 29 heavy (non-hydrogen) atoms. The molecule has 0 saturated heterocycles. The Morgan fingerprint density at radius 3 is 2.93 bits per heavy atom. The fourth-order valence-electron chi connectivity index (χ4n) is 2.77. The van der Waals surface area contributed by atoms with Crippen LogP contribution < -0.4 is 4.31 Å². The molecule has 0 saturated carbocycles. The summed E-state index contributed by atoms with van der Waals surface area (Å²) in [4.78, 5) is 19.3. The van der Waals surface area contributed by atoms with Gasteiger partial charge in [-0.3, -0.25) is 9.29 Å². The maximum absolute atomic E-state index is 12.3. The Hall–Kier alpha value is -2.63. The van der Waals surface area contributed by atoms with E-state index in [4.69, 9.17) is 4.84 Å². The van der Waals surface area contributed by atoms with Gasteiger partial charge in [-0.1, -0.05) is 29.1 Å². The van der Waals surface area contributed by atoms with Gasteiger partial charge in [0.1, 0.15) is 33.0 Å². The number of fused-ring (bicyclic) bond motifs is 1. The lowest BCUT2D eigenvalue weighted by Gasteiger charge is -2.25. The molecule has 0 fully saturated rings. The molecular formula is C18H17N5O3S3. The zero-order valence-corrected chi connectivity index (χ0v) is 17.9. The highest BCUT2D eigenvalue weighted by atomic mass is 32.2. The molecule has 0 atom stereocenters. The van der Waals surface area contributed by atoms with Crippen molar-refractivity contribution >= 4 is 43.4 Å². The summed E-state index contributed by atoms with van der Waals surface area (Å²) in [5, 5.41) is 6.20. The Morgan fingerprint density at radius 2 is 2.21 bits per heavy atom. The molecule has 0 radical (unpaired) electrons. The molecule has 3 aromatic heterocycles. The van der Waals surface area contributed by atoms with Crippen molar-refractivity contribution in [2.45, 2.75) is 6.42 Å². The second-order valence-electron chi connectivity index (χ2n) is 6.15. The van der Waals surface area contributed by atoms with E-state index in [1.54, 1.807) is 24.7 Å². The molecule has 0 N–H and O–H groups in total. The average molecular weight is 448 g/mol. The second kappa shape index (κ2) is 8.01. The van der Waals surface area contributed by atoms with Gasteiger partial charge in [0.05, 0.1) is 11.1 Å². The van der Waals surface area contributed by atoms with Crippen molar-refractivity contribution in [2.24, 2.45) is 5.16 Å². The van der Waals surface area contributed by atoms with Crippen molar-refractivity contribution in [1.29, 1.82) is 0 Å². The lowest BCUT2D eigenvalue weighted by atomic mass is 10.1. The van der Waals surface area contributed by atoms with Crippen LogP contribution in [0.25, 0.3) is 20.5 Å². The SMILES string of the molecule is C=CCO/N=C1\CCN(S(C)(=O)=O)c2sc(-c3cnc(-c4cccnc4)s3)nc21. The molecule has 0 amide bonds. The normalized spacial score (nSPS) is 15.3. The number of oxime groups is 1. The van der Waals surface area contributed by atoms with Crippen LogP contribution in [0.1, 0.15) is 12.1 Å². The fraction of sp³-hybridized carbons (Fsp3) is 0.222. The minimum Gasteiger partial charge on any atom is -0.391 e. The third-order valence-electron chi connectivity index (χ3n) is 4.05. The van der Waals surface area contributed by atoms with Gasteiger partial charge in [0.2, 0.25) is 10.0 Å². The van der Waals surface area contributed by atoms with E-state index >= 15 is 0 Å². The third-order valence-corrected chi connectivity index (χ3v) is 7.63. The minimum absolute atomic E-state index is 0.273. The third kappa shape index (κ3) is 4.07. The fourth-order valence-corrected chi connectivity index (χ4v) is 6.07. The number of anilines is 1. The summed E-state index contributed by atoms with van der Waals surface area (Å²) >= 11 is 2.79. The molecule has 0 spiro atoms. The Labute approximate surface area is 176 Å². The number of pyridine rings is 1. The average Bonchev–Trinajstić information content (AvgIpc) is 3.35. The van der Waals surface area contributed by atoms with Crippen LogP contribution in [0.5, 0.6) is 0 Å². The topological polar surface area (TPSA) is 97.6 Å². The van der Waals surface area contributed by atoms with Crippen LogP contribution in [0.2, 0.25) is 0 Å². The Balaban J connectivity index is 1.74. The zero-order valence-electron chi connectivity index (χ0n) is 15.5. The van der Waals surface area contributed by atoms with E-state index in [9.17, 15) is 8.42 Å². The summed E-state index contributed by atoms with van der Waals surface area (Å²) in [7, 11) is -3.42. The summed E-state index contributed by atoms with van der Waals surface area (Å²) in [6, 6.07) is 3.80. The number of hydrogen-bond acceptors (Lipinski definition) is 9. The van der Waals surface area contributed by atoms with Gasteiger partial charge in [0.15, 0.2) is 0 Å². The van der Waals surface area contributed by atoms with E-state index in [1.807, 2.05) is 12.1 Å². The highest BCUT2D eigenvalue weighted by molar-refractivity contribution is 7.92. The second-order valence-corrected chi connectivity index (χ2v) is 10.1. The van der Waals surface area contributed by atoms with Crippen LogP contribution >= 0.6 is 22.7 Å². The predicted molar refractivity (Wildman–Crippen MR) is 116 cm³/mol. The van der Waals surface area contributed by atoms with Crippen molar-refractivity contribution < 1.29 is 13.3 Å². The van der Waals surface area contributed by atoms with E-state index in [0.29, 0.717) is 34.4 Å². The van der Waals surface area contributed by atoms with Crippen LogP contribution in [0.4, 0.5) is 5.00 Å². The van der Waals surface area contributed by atoms with Gasteiger partial charge in [0, 0.05) is 37.1 Å². The van der Waals surface area contributed by atoms with Crippen molar-refractivity contribution in [2.75, 3.05) is 23.7 Å². The van der Waals surface area contributed by atoms with Crippen LogP contribution in [0.15, 0.2) is 48.5 Å². The number of hydrogen-bond donors (Lipinski definition) is 0. The van der Waals surface area contributed by atoms with Gasteiger partial charge in [-0.2, -0.15) is 0 Å². The number of aromatic nitrogens is 3. The lowest BCUT2D eigenvalue weighted by Crippen LogP contribution is -2.36. The van der Waals surface area contributed by atoms with E-state index in [2.05, 4.69) is 26.7 Å². The van der Waals surface area contributed by atoms with Gasteiger partial charge in [0.25, 0.3) is 0 Å². The first-order valence-corrected chi connectivity index (χ1v) is 12.1. The monoisotopic (exact) mass is 447 g/mol. The number of sulfonamides is 1. The Kier molecular flexibility index (Phi) is 5.43. The largest absolute Gasteiger partial charge is 0.391 e. The molecule has 4 rings (SSSR count). The predicted octanol–water partition coefficient (Wildman–Crippen LogP) is 3.41. The molecule has 0 aliphatic carbocycles. The molecule has 0 aromatic carbocycles. The highest BCUT2D eigenvalue weighted by Crippen LogP contribution is 2.41. The molecule has 1 aliphatic heterocycles. The lowest BCUT2D eigenvalue weighted by molar-refractivity contribution is 0.174. The standard InChI is InChI=1S/C18H17N5O3S3/c1-3-9-26-22-13-6-8-23(29(2,24)25)18-15(13)21-17(28-18)14-11-20-16(27-14)12-5-4-7-19-10-12/h3-5,7,10-11H,1,6,8-9H2,2H3/b22-13+. The van der Waals surface area contributed by atoms with E-state index in [1.165, 1.54) is 33.2 Å². The number of rotatable bonds is 6. The highest BCUT2D eigenvalue weighted by Gasteiger charge is 2.32. The van der Waals surface area contributed by atoms with E-state index in [-0.39, 0.29) is 6.61 Å². The van der Waals surface area contributed by atoms with Gasteiger partial charge in [-0.25, -0.2) is 18.4 Å². The van der Waals surface area contributed by atoms with Gasteiger partial charge < -0.3 is 4.84 Å². The molecule has 8 nitrogen and oxygen atoms in total. The first-order chi connectivity index (χ1) is 14.0. The Morgan fingerprint density at radius 1 is 1.34 bits per heavy atom. The van der Waals surface area contributed by atoms with Gasteiger partial charge in [-0.15, -0.1) is 11.3 Å². The van der Waals surface area contributed by atoms with Crippen molar-refractivity contribution in [1.82, 2.24) is 15.0 Å². The van der Waals surface area contributed by atoms with E-state index < -0.39 is 10.0 Å². The van der Waals surface area contributed by atoms with Crippen LogP contribution in [-0.4, -0.2) is 48.5 Å². The Bertz CT molecular complexity index is 1170. The smallest absolute Gasteiger partial charge is 0.232 e. The van der Waals surface area contributed by atoms with Crippen LogP contribution in [-0.2, 0) is 14.9 Å². The summed E-state index contributed by atoms with van der Waals surface area (Å²) in [6.07, 6.45) is 8.42. The summed E-state index contributed by atoms with van der Waals surface area (Å²) < 4.78 is 25.9. The maximum Gasteiger partial charge on any atom is 0.232 e. The van der Waals surface area contributed by atoms with E-state index in [0.717, 1.165) is 15.4 Å². The number of thiazole rings is 2. The molecular weight excluding hydrogens is 430 g/mol. The zero-order chi connectivity index (χ0) is 20.4. The van der Waals surface area contributed by atoms with Crippen molar-refractivity contribution in [3.63, 3.8) is 0 Å². The molecule has 4 heterocycles. The minimum atomic E-state index is -3.42. The summed E-state index contributed by atoms with van der Waals surface area (Å²) in [5.41, 5.74) is 2.08. The summed E-state index contributed by atoms with van der Waals surface area (Å²) in [5.74, 6) is 0. The molecule has 3 aromatic rings. The first kappa shape index (κ1) is 19.7.